The van der Waals surface area contributed by atoms with Crippen molar-refractivity contribution in [3.63, 3.8) is 0 Å². The van der Waals surface area contributed by atoms with Gasteiger partial charge in [0.15, 0.2) is 0 Å². The largest absolute Gasteiger partial charge is 0.497 e. The van der Waals surface area contributed by atoms with Crippen molar-refractivity contribution >= 4 is 16.0 Å². The number of piperazine rings is 1. The summed E-state index contributed by atoms with van der Waals surface area (Å²) < 4.78 is 37.4. The summed E-state index contributed by atoms with van der Waals surface area (Å²) in [7, 11) is -0.977. The number of methoxy groups -OCH3 is 2. The van der Waals surface area contributed by atoms with Crippen LogP contribution in [0.2, 0.25) is 0 Å². The molecule has 1 saturated heterocycles. The van der Waals surface area contributed by atoms with Crippen LogP contribution in [0.5, 0.6) is 5.75 Å². The molecule has 8 heteroatoms. The summed E-state index contributed by atoms with van der Waals surface area (Å²) in [4.78, 5) is 14.6. The van der Waals surface area contributed by atoms with Gasteiger partial charge in [0.2, 0.25) is 10.0 Å². The van der Waals surface area contributed by atoms with E-state index in [1.54, 1.807) is 12.1 Å². The summed E-state index contributed by atoms with van der Waals surface area (Å²) in [5.41, 5.74) is 0. The monoisotopic (exact) mass is 398 g/mol. The van der Waals surface area contributed by atoms with Crippen LogP contribution in [0.1, 0.15) is 32.6 Å². The highest BCUT2D eigenvalue weighted by molar-refractivity contribution is 7.89. The van der Waals surface area contributed by atoms with Crippen LogP contribution in [0.25, 0.3) is 0 Å². The molecule has 1 aliphatic heterocycles. The van der Waals surface area contributed by atoms with Crippen LogP contribution >= 0.6 is 0 Å². The molecule has 1 aromatic rings. The number of carbonyl (C=O) groups is 1. The SMILES string of the molecule is CCCCCCN1CCN(S(=O)(=O)c2ccc(OC)cc2)C(C(=O)OC)C1. The highest BCUT2D eigenvalue weighted by atomic mass is 32.2. The van der Waals surface area contributed by atoms with Gasteiger partial charge in [-0.2, -0.15) is 4.31 Å². The first-order valence-corrected chi connectivity index (χ1v) is 10.8. The van der Waals surface area contributed by atoms with Gasteiger partial charge in [0.1, 0.15) is 11.8 Å². The fourth-order valence-electron chi connectivity index (χ4n) is 3.29. The van der Waals surface area contributed by atoms with Crippen molar-refractivity contribution in [2.75, 3.05) is 40.4 Å². The number of unbranched alkanes of at least 4 members (excludes halogenated alkanes) is 3. The molecule has 2 rings (SSSR count). The van der Waals surface area contributed by atoms with Crippen molar-refractivity contribution in [2.45, 2.75) is 43.5 Å². The highest BCUT2D eigenvalue weighted by Crippen LogP contribution is 2.24. The Balaban J connectivity index is 2.15. The van der Waals surface area contributed by atoms with E-state index in [1.165, 1.54) is 43.5 Å². The van der Waals surface area contributed by atoms with Gasteiger partial charge in [-0.1, -0.05) is 26.2 Å². The summed E-state index contributed by atoms with van der Waals surface area (Å²) in [5.74, 6) is 0.0562. The maximum Gasteiger partial charge on any atom is 0.325 e. The number of hydrogen-bond donors (Lipinski definition) is 0. The first-order chi connectivity index (χ1) is 12.9. The fourth-order valence-corrected chi connectivity index (χ4v) is 4.85. The predicted octanol–water partition coefficient (Wildman–Crippen LogP) is 2.12. The van der Waals surface area contributed by atoms with Crippen molar-refractivity contribution in [1.82, 2.24) is 9.21 Å². The highest BCUT2D eigenvalue weighted by Gasteiger charge is 2.40. The Kier molecular flexibility index (Phi) is 8.07. The number of hydrogen-bond acceptors (Lipinski definition) is 6. The third-order valence-electron chi connectivity index (χ3n) is 4.88. The Morgan fingerprint density at radius 3 is 2.41 bits per heavy atom. The zero-order chi connectivity index (χ0) is 19.9. The molecule has 1 aliphatic rings. The lowest BCUT2D eigenvalue weighted by atomic mass is 10.1. The molecule has 0 aromatic heterocycles. The van der Waals surface area contributed by atoms with E-state index in [1.807, 2.05) is 0 Å². The summed E-state index contributed by atoms with van der Waals surface area (Å²) in [6, 6.07) is 5.37. The quantitative estimate of drug-likeness (QED) is 0.468. The van der Waals surface area contributed by atoms with Crippen LogP contribution in [0.15, 0.2) is 29.2 Å². The Bertz CT molecular complexity index is 705. The first-order valence-electron chi connectivity index (χ1n) is 9.40. The molecule has 0 aliphatic carbocycles. The van der Waals surface area contributed by atoms with Crippen molar-refractivity contribution in [2.24, 2.45) is 0 Å². The Labute approximate surface area is 162 Å². The molecular weight excluding hydrogens is 368 g/mol. The number of esters is 1. The normalized spacial score (nSPS) is 19.0. The molecule has 27 heavy (non-hydrogen) atoms. The second-order valence-electron chi connectivity index (χ2n) is 6.69. The molecule has 1 atom stereocenters. The average Bonchev–Trinajstić information content (AvgIpc) is 2.70. The lowest BCUT2D eigenvalue weighted by Gasteiger charge is -2.39. The van der Waals surface area contributed by atoms with Crippen LogP contribution in [0, 0.1) is 0 Å². The number of ether oxygens (including phenoxy) is 2. The van der Waals surface area contributed by atoms with Gasteiger partial charge in [-0.3, -0.25) is 9.69 Å². The summed E-state index contributed by atoms with van der Waals surface area (Å²) in [6.07, 6.45) is 4.54. The van der Waals surface area contributed by atoms with Crippen molar-refractivity contribution < 1.29 is 22.7 Å². The molecule has 1 aromatic carbocycles. The maximum absolute atomic E-state index is 13.1. The standard InChI is InChI=1S/C19H30N2O5S/c1-4-5-6-7-12-20-13-14-21(18(15-20)19(22)26-3)27(23,24)17-10-8-16(25-2)9-11-17/h8-11,18H,4-7,12-15H2,1-3H3. The Morgan fingerprint density at radius 2 is 1.81 bits per heavy atom. The van der Waals surface area contributed by atoms with E-state index in [-0.39, 0.29) is 11.4 Å². The number of benzene rings is 1. The van der Waals surface area contributed by atoms with Gasteiger partial charge in [-0.25, -0.2) is 8.42 Å². The summed E-state index contributed by atoms with van der Waals surface area (Å²) in [6.45, 7) is 4.26. The van der Waals surface area contributed by atoms with Crippen LogP contribution in [0.3, 0.4) is 0 Å². The van der Waals surface area contributed by atoms with Crippen molar-refractivity contribution in [1.29, 1.82) is 0 Å². The van der Waals surface area contributed by atoms with Crippen LogP contribution in [-0.2, 0) is 19.6 Å². The van der Waals surface area contributed by atoms with E-state index in [2.05, 4.69) is 11.8 Å². The first kappa shape index (κ1) is 21.7. The van der Waals surface area contributed by atoms with Gasteiger partial charge < -0.3 is 9.47 Å². The van der Waals surface area contributed by atoms with E-state index >= 15 is 0 Å². The third kappa shape index (κ3) is 5.43. The van der Waals surface area contributed by atoms with Gasteiger partial charge in [0, 0.05) is 19.6 Å². The summed E-state index contributed by atoms with van der Waals surface area (Å²) >= 11 is 0. The number of sulfonamides is 1. The summed E-state index contributed by atoms with van der Waals surface area (Å²) in [5, 5.41) is 0. The molecule has 1 unspecified atom stereocenters. The second kappa shape index (κ2) is 10.1. The fraction of sp³-hybridized carbons (Fsp3) is 0.632. The van der Waals surface area contributed by atoms with Crippen LogP contribution < -0.4 is 4.74 Å². The van der Waals surface area contributed by atoms with Crippen molar-refractivity contribution in [3.8, 4) is 5.75 Å². The molecule has 0 N–H and O–H groups in total. The molecule has 7 nitrogen and oxygen atoms in total. The minimum atomic E-state index is -3.79. The molecule has 152 valence electrons. The predicted molar refractivity (Wildman–Crippen MR) is 103 cm³/mol. The second-order valence-corrected chi connectivity index (χ2v) is 8.58. The average molecular weight is 399 g/mol. The van der Waals surface area contributed by atoms with Crippen LogP contribution in [-0.4, -0.2) is 70.0 Å². The smallest absolute Gasteiger partial charge is 0.325 e. The molecule has 0 amide bonds. The molecule has 0 spiro atoms. The maximum atomic E-state index is 13.1. The van der Waals surface area contributed by atoms with E-state index in [4.69, 9.17) is 9.47 Å². The van der Waals surface area contributed by atoms with Gasteiger partial charge in [-0.05, 0) is 37.2 Å². The van der Waals surface area contributed by atoms with E-state index in [0.29, 0.717) is 18.8 Å². The van der Waals surface area contributed by atoms with Crippen molar-refractivity contribution in [3.05, 3.63) is 24.3 Å². The number of nitrogens with zero attached hydrogens (tertiary/aromatic N) is 2. The molecule has 0 radical (unpaired) electrons. The minimum absolute atomic E-state index is 0.147. The number of carbonyl (C=O) groups excluding carboxylic acids is 1. The lowest BCUT2D eigenvalue weighted by Crippen LogP contribution is -2.58. The van der Waals surface area contributed by atoms with Gasteiger partial charge in [0.25, 0.3) is 0 Å². The molecule has 1 heterocycles. The van der Waals surface area contributed by atoms with E-state index < -0.39 is 22.0 Å². The molecule has 0 saturated carbocycles. The lowest BCUT2D eigenvalue weighted by molar-refractivity contribution is -0.147. The molecule has 1 fully saturated rings. The Morgan fingerprint density at radius 1 is 1.11 bits per heavy atom. The van der Waals surface area contributed by atoms with E-state index in [9.17, 15) is 13.2 Å². The van der Waals surface area contributed by atoms with E-state index in [0.717, 1.165) is 19.4 Å². The third-order valence-corrected chi connectivity index (χ3v) is 6.80. The van der Waals surface area contributed by atoms with Gasteiger partial charge in [-0.15, -0.1) is 0 Å². The zero-order valence-corrected chi connectivity index (χ0v) is 17.2. The van der Waals surface area contributed by atoms with Gasteiger partial charge in [0.05, 0.1) is 19.1 Å². The molecule has 0 bridgehead atoms. The van der Waals surface area contributed by atoms with Gasteiger partial charge >= 0.3 is 5.97 Å². The number of rotatable bonds is 9. The minimum Gasteiger partial charge on any atom is -0.497 e. The zero-order valence-electron chi connectivity index (χ0n) is 16.4. The Hall–Kier alpha value is -1.64. The topological polar surface area (TPSA) is 76.2 Å². The van der Waals surface area contributed by atoms with Crippen LogP contribution in [0.4, 0.5) is 0 Å². The molecular formula is C19H30N2O5S.